The predicted molar refractivity (Wildman–Crippen MR) is 94.6 cm³/mol. The summed E-state index contributed by atoms with van der Waals surface area (Å²) in [5.74, 6) is 1.40. The van der Waals surface area contributed by atoms with Crippen LogP contribution in [0, 0.1) is 0 Å². The molecule has 1 aromatic heterocycles. The van der Waals surface area contributed by atoms with Crippen LogP contribution in [0.15, 0.2) is 54.6 Å². The highest BCUT2D eigenvalue weighted by Crippen LogP contribution is 2.26. The molecule has 0 bridgehead atoms. The van der Waals surface area contributed by atoms with Gasteiger partial charge in [0.25, 0.3) is 0 Å². The van der Waals surface area contributed by atoms with E-state index in [0.717, 1.165) is 35.9 Å². The lowest BCUT2D eigenvalue weighted by atomic mass is 10.1. The number of aromatic nitrogens is 2. The van der Waals surface area contributed by atoms with E-state index in [1.54, 1.807) is 0 Å². The summed E-state index contributed by atoms with van der Waals surface area (Å²) in [6, 6.07) is 17.5. The molecule has 1 aliphatic rings. The molecular formula is C19H18N4O. The number of piperidine rings is 1. The van der Waals surface area contributed by atoms with Crippen LogP contribution in [0.2, 0.25) is 0 Å². The fourth-order valence-corrected chi connectivity index (χ4v) is 2.98. The van der Waals surface area contributed by atoms with Gasteiger partial charge in [0.2, 0.25) is 5.91 Å². The third kappa shape index (κ3) is 2.80. The molecule has 0 radical (unpaired) electrons. The number of hydrogen-bond donors (Lipinski definition) is 2. The van der Waals surface area contributed by atoms with Gasteiger partial charge in [0, 0.05) is 17.5 Å². The lowest BCUT2D eigenvalue weighted by molar-refractivity contribution is -0.123. The van der Waals surface area contributed by atoms with Crippen LogP contribution >= 0.6 is 0 Å². The maximum Gasteiger partial charge on any atom is 0.242 e. The van der Waals surface area contributed by atoms with Crippen LogP contribution in [0.3, 0.4) is 0 Å². The molecule has 0 aliphatic carbocycles. The van der Waals surface area contributed by atoms with E-state index in [-0.39, 0.29) is 11.9 Å². The summed E-state index contributed by atoms with van der Waals surface area (Å²) in [6.45, 7) is 0.747. The van der Waals surface area contributed by atoms with Gasteiger partial charge in [-0.15, -0.1) is 0 Å². The van der Waals surface area contributed by atoms with Gasteiger partial charge >= 0.3 is 0 Å². The number of anilines is 1. The number of para-hydroxylation sites is 1. The van der Waals surface area contributed by atoms with Crippen LogP contribution in [0.4, 0.5) is 5.82 Å². The number of nitrogens with zero attached hydrogens (tertiary/aromatic N) is 2. The summed E-state index contributed by atoms with van der Waals surface area (Å²) in [5.41, 5.74) is 1.82. The van der Waals surface area contributed by atoms with Crippen LogP contribution in [-0.2, 0) is 4.79 Å². The van der Waals surface area contributed by atoms with Gasteiger partial charge < -0.3 is 10.6 Å². The van der Waals surface area contributed by atoms with Crippen molar-refractivity contribution in [1.29, 1.82) is 0 Å². The van der Waals surface area contributed by atoms with E-state index in [9.17, 15) is 4.79 Å². The summed E-state index contributed by atoms with van der Waals surface area (Å²) in [4.78, 5) is 21.4. The van der Waals surface area contributed by atoms with E-state index in [4.69, 9.17) is 4.98 Å². The second kappa shape index (κ2) is 6.28. The molecule has 5 nitrogen and oxygen atoms in total. The topological polar surface area (TPSA) is 66.9 Å². The molecule has 1 amide bonds. The van der Waals surface area contributed by atoms with Gasteiger partial charge in [-0.25, -0.2) is 9.97 Å². The molecule has 2 N–H and O–H groups in total. The Balaban J connectivity index is 1.79. The maximum atomic E-state index is 12.1. The monoisotopic (exact) mass is 318 g/mol. The van der Waals surface area contributed by atoms with Crippen LogP contribution in [-0.4, -0.2) is 28.5 Å². The first-order valence-corrected chi connectivity index (χ1v) is 8.18. The van der Waals surface area contributed by atoms with E-state index in [1.807, 2.05) is 54.6 Å². The minimum Gasteiger partial charge on any atom is -0.358 e. The van der Waals surface area contributed by atoms with Crippen molar-refractivity contribution < 1.29 is 4.79 Å². The summed E-state index contributed by atoms with van der Waals surface area (Å²) in [6.07, 6.45) is 1.78. The number of hydrogen-bond acceptors (Lipinski definition) is 4. The Morgan fingerprint density at radius 2 is 1.79 bits per heavy atom. The first-order valence-electron chi connectivity index (χ1n) is 8.18. The molecule has 0 spiro atoms. The zero-order chi connectivity index (χ0) is 16.4. The molecule has 0 saturated carbocycles. The summed E-state index contributed by atoms with van der Waals surface area (Å²) < 4.78 is 0. The zero-order valence-corrected chi connectivity index (χ0v) is 13.2. The van der Waals surface area contributed by atoms with Crippen molar-refractivity contribution in [3.63, 3.8) is 0 Å². The standard InChI is InChI=1S/C19H18N4O/c24-19-16(11-6-12-20-19)22-18-14-9-4-5-10-15(14)21-17(23-18)13-7-2-1-3-8-13/h1-5,7-10,16H,6,11-12H2,(H,20,24)(H,21,22,23)/t16-/m1/s1. The molecule has 1 aliphatic heterocycles. The van der Waals surface area contributed by atoms with Crippen molar-refractivity contribution in [1.82, 2.24) is 15.3 Å². The summed E-state index contributed by atoms with van der Waals surface area (Å²) in [7, 11) is 0. The molecule has 2 aromatic carbocycles. The molecule has 1 atom stereocenters. The van der Waals surface area contributed by atoms with Crippen molar-refractivity contribution in [2.24, 2.45) is 0 Å². The minimum atomic E-state index is -0.249. The Hall–Kier alpha value is -2.95. The number of nitrogens with one attached hydrogen (secondary N) is 2. The van der Waals surface area contributed by atoms with Crippen LogP contribution in [0.25, 0.3) is 22.3 Å². The number of carbonyl (C=O) groups is 1. The Morgan fingerprint density at radius 1 is 1.00 bits per heavy atom. The summed E-state index contributed by atoms with van der Waals surface area (Å²) in [5, 5.41) is 7.15. The van der Waals surface area contributed by atoms with Crippen molar-refractivity contribution in [3.8, 4) is 11.4 Å². The van der Waals surface area contributed by atoms with Crippen LogP contribution in [0.1, 0.15) is 12.8 Å². The third-order valence-electron chi connectivity index (χ3n) is 4.23. The normalized spacial score (nSPS) is 17.5. The number of benzene rings is 2. The zero-order valence-electron chi connectivity index (χ0n) is 13.2. The number of rotatable bonds is 3. The van der Waals surface area contributed by atoms with Gasteiger partial charge in [0.05, 0.1) is 5.52 Å². The first kappa shape index (κ1) is 14.6. The van der Waals surface area contributed by atoms with Gasteiger partial charge in [0.15, 0.2) is 5.82 Å². The average Bonchev–Trinajstić information content (AvgIpc) is 2.64. The van der Waals surface area contributed by atoms with E-state index >= 15 is 0 Å². The smallest absolute Gasteiger partial charge is 0.242 e. The molecule has 1 saturated heterocycles. The van der Waals surface area contributed by atoms with E-state index < -0.39 is 0 Å². The van der Waals surface area contributed by atoms with Gasteiger partial charge in [-0.05, 0) is 25.0 Å². The quantitative estimate of drug-likeness (QED) is 0.779. The molecule has 0 unspecified atom stereocenters. The molecule has 3 aromatic rings. The highest BCUT2D eigenvalue weighted by molar-refractivity contribution is 5.93. The fraction of sp³-hybridized carbons (Fsp3) is 0.211. The highest BCUT2D eigenvalue weighted by atomic mass is 16.2. The molecule has 2 heterocycles. The Labute approximate surface area is 140 Å². The molecule has 24 heavy (non-hydrogen) atoms. The number of fused-ring (bicyclic) bond motifs is 1. The SMILES string of the molecule is O=C1NCCC[C@H]1Nc1nc(-c2ccccc2)nc2ccccc12. The van der Waals surface area contributed by atoms with Crippen molar-refractivity contribution in [3.05, 3.63) is 54.6 Å². The number of amides is 1. The van der Waals surface area contributed by atoms with Gasteiger partial charge in [-0.2, -0.15) is 0 Å². The average molecular weight is 318 g/mol. The Morgan fingerprint density at radius 3 is 2.62 bits per heavy atom. The lowest BCUT2D eigenvalue weighted by Crippen LogP contribution is -2.44. The van der Waals surface area contributed by atoms with Crippen LogP contribution < -0.4 is 10.6 Å². The summed E-state index contributed by atoms with van der Waals surface area (Å²) >= 11 is 0. The predicted octanol–water partition coefficient (Wildman–Crippen LogP) is 2.99. The van der Waals surface area contributed by atoms with Crippen LogP contribution in [0.5, 0.6) is 0 Å². The second-order valence-electron chi connectivity index (χ2n) is 5.91. The molecule has 4 rings (SSSR count). The van der Waals surface area contributed by atoms with Gasteiger partial charge in [0.1, 0.15) is 11.9 Å². The molecule has 5 heteroatoms. The van der Waals surface area contributed by atoms with E-state index in [1.165, 1.54) is 0 Å². The van der Waals surface area contributed by atoms with Gasteiger partial charge in [-0.1, -0.05) is 42.5 Å². The lowest BCUT2D eigenvalue weighted by Gasteiger charge is -2.24. The minimum absolute atomic E-state index is 0.0326. The maximum absolute atomic E-state index is 12.1. The van der Waals surface area contributed by atoms with Crippen molar-refractivity contribution >= 4 is 22.6 Å². The Bertz CT molecular complexity index is 879. The fourth-order valence-electron chi connectivity index (χ4n) is 2.98. The number of carbonyl (C=O) groups excluding carboxylic acids is 1. The highest BCUT2D eigenvalue weighted by Gasteiger charge is 2.23. The van der Waals surface area contributed by atoms with Crippen molar-refractivity contribution in [2.75, 3.05) is 11.9 Å². The molecule has 120 valence electrons. The largest absolute Gasteiger partial charge is 0.358 e. The Kier molecular flexibility index (Phi) is 3.83. The molecule has 1 fully saturated rings. The van der Waals surface area contributed by atoms with E-state index in [0.29, 0.717) is 11.6 Å². The van der Waals surface area contributed by atoms with E-state index in [2.05, 4.69) is 15.6 Å². The first-order chi connectivity index (χ1) is 11.8. The van der Waals surface area contributed by atoms with Crippen molar-refractivity contribution in [2.45, 2.75) is 18.9 Å². The molecular weight excluding hydrogens is 300 g/mol. The third-order valence-corrected chi connectivity index (χ3v) is 4.23. The second-order valence-corrected chi connectivity index (χ2v) is 5.91. The van der Waals surface area contributed by atoms with Gasteiger partial charge in [-0.3, -0.25) is 4.79 Å².